The summed E-state index contributed by atoms with van der Waals surface area (Å²) in [6.45, 7) is 1.71. The summed E-state index contributed by atoms with van der Waals surface area (Å²) in [5.41, 5.74) is 0.133. The molecule has 0 aromatic carbocycles. The Labute approximate surface area is 109 Å². The van der Waals surface area contributed by atoms with Crippen LogP contribution in [0, 0.1) is 10.1 Å². The number of hydrogen-bond donors (Lipinski definition) is 1. The predicted octanol–water partition coefficient (Wildman–Crippen LogP) is 0.236. The maximum absolute atomic E-state index is 12.4. The van der Waals surface area contributed by atoms with E-state index >= 15 is 0 Å². The summed E-state index contributed by atoms with van der Waals surface area (Å²) in [5, 5.41) is 16.6. The summed E-state index contributed by atoms with van der Waals surface area (Å²) in [5.74, 6) is -0.449. The number of fused-ring (bicyclic) bond motifs is 2. The van der Waals surface area contributed by atoms with Crippen molar-refractivity contribution in [3.8, 4) is 0 Å². The van der Waals surface area contributed by atoms with Gasteiger partial charge in [0.15, 0.2) is 5.69 Å². The van der Waals surface area contributed by atoms with E-state index in [0.717, 1.165) is 25.9 Å². The van der Waals surface area contributed by atoms with Gasteiger partial charge in [-0.1, -0.05) is 5.10 Å². The van der Waals surface area contributed by atoms with E-state index in [9.17, 15) is 14.9 Å². The minimum Gasteiger partial charge on any atom is -0.358 e. The average Bonchev–Trinajstić information content (AvgIpc) is 2.93. The van der Waals surface area contributed by atoms with Crippen LogP contribution in [0.25, 0.3) is 0 Å². The van der Waals surface area contributed by atoms with Crippen molar-refractivity contribution in [3.63, 3.8) is 0 Å². The molecule has 102 valence electrons. The minimum atomic E-state index is -0.581. The molecule has 2 aliphatic rings. The van der Waals surface area contributed by atoms with Crippen molar-refractivity contribution in [2.45, 2.75) is 24.9 Å². The van der Waals surface area contributed by atoms with Gasteiger partial charge >= 0.3 is 5.82 Å². The lowest BCUT2D eigenvalue weighted by Crippen LogP contribution is -2.54. The average molecular weight is 265 g/mol. The first kappa shape index (κ1) is 12.1. The Morgan fingerprint density at radius 1 is 1.47 bits per heavy atom. The van der Waals surface area contributed by atoms with E-state index < -0.39 is 4.92 Å². The van der Waals surface area contributed by atoms with Crippen molar-refractivity contribution in [2.75, 3.05) is 20.1 Å². The van der Waals surface area contributed by atoms with E-state index in [1.165, 1.54) is 6.07 Å². The number of nitrogens with zero attached hydrogens (tertiary/aromatic N) is 4. The molecule has 2 fully saturated rings. The molecule has 0 aliphatic carbocycles. The number of likely N-dealkylation sites (tertiary alicyclic amines) is 1. The van der Waals surface area contributed by atoms with E-state index in [-0.39, 0.29) is 29.5 Å². The second-order valence-corrected chi connectivity index (χ2v) is 5.21. The number of hydrogen-bond acceptors (Lipinski definition) is 5. The Morgan fingerprint density at radius 3 is 2.63 bits per heavy atom. The Morgan fingerprint density at radius 2 is 2.11 bits per heavy atom. The standard InChI is InChI=1S/C11H15N5O3/c1-14-5-7-2-3-8(6-14)15(7)11(17)9-4-10(13-12-9)16(18)19/h4,7-8H,2-3,5-6H2,1H3,(H,12,13)/t7-,8+. The quantitative estimate of drug-likeness (QED) is 0.610. The molecule has 19 heavy (non-hydrogen) atoms. The van der Waals surface area contributed by atoms with Crippen LogP contribution in [-0.4, -0.2) is 63.0 Å². The van der Waals surface area contributed by atoms with E-state index in [4.69, 9.17) is 0 Å². The van der Waals surface area contributed by atoms with Gasteiger partial charge in [0.25, 0.3) is 5.91 Å². The number of aromatic nitrogens is 2. The van der Waals surface area contributed by atoms with Gasteiger partial charge in [-0.2, -0.15) is 0 Å². The number of nitro groups is 1. The third kappa shape index (κ3) is 1.97. The van der Waals surface area contributed by atoms with Crippen molar-refractivity contribution in [3.05, 3.63) is 21.9 Å². The van der Waals surface area contributed by atoms with Gasteiger partial charge < -0.3 is 19.9 Å². The Kier molecular flexibility index (Phi) is 2.74. The lowest BCUT2D eigenvalue weighted by Gasteiger charge is -2.39. The lowest BCUT2D eigenvalue weighted by atomic mass is 10.2. The highest BCUT2D eigenvalue weighted by molar-refractivity contribution is 5.93. The van der Waals surface area contributed by atoms with Crippen LogP contribution in [0.2, 0.25) is 0 Å². The molecule has 1 amide bonds. The first-order chi connectivity index (χ1) is 9.06. The Hall–Kier alpha value is -1.96. The number of aromatic amines is 1. The van der Waals surface area contributed by atoms with Gasteiger partial charge in [0.1, 0.15) is 0 Å². The van der Waals surface area contributed by atoms with E-state index in [1.54, 1.807) is 0 Å². The van der Waals surface area contributed by atoms with Crippen LogP contribution >= 0.6 is 0 Å². The van der Waals surface area contributed by atoms with Crippen LogP contribution < -0.4 is 0 Å². The van der Waals surface area contributed by atoms with E-state index in [2.05, 4.69) is 15.1 Å². The summed E-state index contributed by atoms with van der Waals surface area (Å²) < 4.78 is 0. The van der Waals surface area contributed by atoms with Crippen LogP contribution in [0.5, 0.6) is 0 Å². The van der Waals surface area contributed by atoms with E-state index in [0.29, 0.717) is 0 Å². The van der Waals surface area contributed by atoms with Gasteiger partial charge in [0, 0.05) is 25.2 Å². The predicted molar refractivity (Wildman–Crippen MR) is 65.7 cm³/mol. The number of likely N-dealkylation sites (N-methyl/N-ethyl adjacent to an activating group) is 1. The molecule has 2 atom stereocenters. The number of H-pyrrole nitrogens is 1. The van der Waals surface area contributed by atoms with Crippen LogP contribution in [0.4, 0.5) is 5.82 Å². The zero-order valence-electron chi connectivity index (χ0n) is 10.6. The molecule has 1 aromatic heterocycles. The molecule has 8 nitrogen and oxygen atoms in total. The maximum atomic E-state index is 12.4. The van der Waals surface area contributed by atoms with Crippen molar-refractivity contribution in [2.24, 2.45) is 0 Å². The molecule has 2 aliphatic heterocycles. The highest BCUT2D eigenvalue weighted by Gasteiger charge is 2.42. The molecule has 0 saturated carbocycles. The third-order valence-corrected chi connectivity index (χ3v) is 3.88. The van der Waals surface area contributed by atoms with E-state index in [1.807, 2.05) is 11.9 Å². The van der Waals surface area contributed by atoms with Crippen LogP contribution in [-0.2, 0) is 0 Å². The summed E-state index contributed by atoms with van der Waals surface area (Å²) >= 11 is 0. The number of nitrogens with one attached hydrogen (secondary N) is 1. The van der Waals surface area contributed by atoms with Crippen LogP contribution in [0.1, 0.15) is 23.3 Å². The number of carbonyl (C=O) groups excluding carboxylic acids is 1. The molecular weight excluding hydrogens is 250 g/mol. The molecule has 1 N–H and O–H groups in total. The fourth-order valence-corrected chi connectivity index (χ4v) is 3.09. The number of amides is 1. The fourth-order valence-electron chi connectivity index (χ4n) is 3.09. The summed E-state index contributed by atoms with van der Waals surface area (Å²) in [6.07, 6.45) is 1.99. The molecule has 3 rings (SSSR count). The van der Waals surface area contributed by atoms with Crippen molar-refractivity contribution < 1.29 is 9.72 Å². The van der Waals surface area contributed by atoms with Gasteiger partial charge in [-0.15, -0.1) is 5.10 Å². The Balaban J connectivity index is 1.82. The van der Waals surface area contributed by atoms with Gasteiger partial charge in [-0.3, -0.25) is 4.79 Å². The van der Waals surface area contributed by atoms with Crippen LogP contribution in [0.3, 0.4) is 0 Å². The molecule has 8 heteroatoms. The highest BCUT2D eigenvalue weighted by atomic mass is 16.6. The Bertz CT molecular complexity index is 514. The molecule has 0 radical (unpaired) electrons. The molecule has 2 saturated heterocycles. The maximum Gasteiger partial charge on any atom is 0.343 e. The monoisotopic (exact) mass is 265 g/mol. The second-order valence-electron chi connectivity index (χ2n) is 5.21. The smallest absolute Gasteiger partial charge is 0.343 e. The topological polar surface area (TPSA) is 95.4 Å². The normalized spacial score (nSPS) is 26.7. The number of rotatable bonds is 2. The van der Waals surface area contributed by atoms with Gasteiger partial charge in [-0.25, -0.2) is 0 Å². The third-order valence-electron chi connectivity index (χ3n) is 3.88. The second kappa shape index (κ2) is 4.30. The first-order valence-electron chi connectivity index (χ1n) is 6.27. The molecular formula is C11H15N5O3. The highest BCUT2D eigenvalue weighted by Crippen LogP contribution is 2.30. The SMILES string of the molecule is CN1C[C@H]2CC[C@@H](C1)N2C(=O)c1cc([N+](=O)[O-])[nH]n1. The van der Waals surface area contributed by atoms with Gasteiger partial charge in [0.05, 0.1) is 6.07 Å². The summed E-state index contributed by atoms with van der Waals surface area (Å²) in [4.78, 5) is 26.5. The van der Waals surface area contributed by atoms with Gasteiger partial charge in [-0.05, 0) is 24.8 Å². The van der Waals surface area contributed by atoms with Gasteiger partial charge in [0.2, 0.25) is 0 Å². The molecule has 0 spiro atoms. The first-order valence-corrected chi connectivity index (χ1v) is 6.27. The van der Waals surface area contributed by atoms with Crippen molar-refractivity contribution in [1.29, 1.82) is 0 Å². The molecule has 1 aromatic rings. The van der Waals surface area contributed by atoms with Crippen LogP contribution in [0.15, 0.2) is 6.07 Å². The minimum absolute atomic E-state index is 0.133. The summed E-state index contributed by atoms with van der Waals surface area (Å²) in [7, 11) is 2.05. The molecule has 0 unspecified atom stereocenters. The van der Waals surface area contributed by atoms with Crippen molar-refractivity contribution >= 4 is 11.7 Å². The largest absolute Gasteiger partial charge is 0.358 e. The number of carbonyl (C=O) groups is 1. The lowest BCUT2D eigenvalue weighted by molar-refractivity contribution is -0.389. The van der Waals surface area contributed by atoms with Crippen molar-refractivity contribution in [1.82, 2.24) is 20.0 Å². The molecule has 3 heterocycles. The molecule has 2 bridgehead atoms. The summed E-state index contributed by atoms with van der Waals surface area (Å²) in [6, 6.07) is 1.61. The fraction of sp³-hybridized carbons (Fsp3) is 0.636. The zero-order chi connectivity index (χ0) is 13.6. The number of piperazine rings is 1. The zero-order valence-corrected chi connectivity index (χ0v) is 10.6.